The number of carbonyl (C=O) groups is 1. The van der Waals surface area contributed by atoms with E-state index in [1.165, 1.54) is 11.4 Å². The molecule has 1 aromatic rings. The predicted molar refractivity (Wildman–Crippen MR) is 68.7 cm³/mol. The smallest absolute Gasteiger partial charge is 0.347 e. The molecule has 1 aliphatic rings. The number of nitrogens with zero attached hydrogens (tertiary/aromatic N) is 1. The summed E-state index contributed by atoms with van der Waals surface area (Å²) in [5.74, 6) is -1.78. The maximum Gasteiger partial charge on any atom is 0.347 e. The molecule has 2 rings (SSSR count). The van der Waals surface area contributed by atoms with Gasteiger partial charge in [-0.2, -0.15) is 4.31 Å². The van der Waals surface area contributed by atoms with E-state index in [1.807, 2.05) is 0 Å². The lowest BCUT2D eigenvalue weighted by Crippen LogP contribution is -2.43. The topological polar surface area (TPSA) is 109 Å². The lowest BCUT2D eigenvalue weighted by atomic mass is 10.5. The van der Waals surface area contributed by atoms with Crippen LogP contribution in [0.5, 0.6) is 0 Å². The van der Waals surface area contributed by atoms with Gasteiger partial charge in [-0.05, 0) is 11.4 Å². The van der Waals surface area contributed by atoms with Gasteiger partial charge in [0.05, 0.1) is 11.5 Å². The molecule has 1 fully saturated rings. The highest BCUT2D eigenvalue weighted by molar-refractivity contribution is 7.92. The van der Waals surface area contributed by atoms with Gasteiger partial charge < -0.3 is 5.11 Å². The molecule has 106 valence electrons. The van der Waals surface area contributed by atoms with Crippen LogP contribution in [0.15, 0.2) is 16.3 Å². The van der Waals surface area contributed by atoms with E-state index in [-0.39, 0.29) is 34.4 Å². The molecule has 0 unspecified atom stereocenters. The summed E-state index contributed by atoms with van der Waals surface area (Å²) >= 11 is 0.825. The van der Waals surface area contributed by atoms with Gasteiger partial charge in [0, 0.05) is 13.1 Å². The number of hydrogen-bond donors (Lipinski definition) is 1. The molecule has 0 bridgehead atoms. The molecule has 0 amide bonds. The maximum atomic E-state index is 12.3. The van der Waals surface area contributed by atoms with Crippen molar-refractivity contribution in [1.29, 1.82) is 0 Å². The minimum Gasteiger partial charge on any atom is -0.477 e. The largest absolute Gasteiger partial charge is 0.477 e. The van der Waals surface area contributed by atoms with Crippen LogP contribution >= 0.6 is 11.3 Å². The van der Waals surface area contributed by atoms with Crippen molar-refractivity contribution in [3.8, 4) is 0 Å². The minimum absolute atomic E-state index is 0.139. The average molecular weight is 325 g/mol. The molecule has 1 aromatic heterocycles. The molecule has 0 atom stereocenters. The van der Waals surface area contributed by atoms with Gasteiger partial charge in [0.1, 0.15) is 9.77 Å². The van der Waals surface area contributed by atoms with E-state index < -0.39 is 25.8 Å². The molecule has 0 radical (unpaired) electrons. The van der Waals surface area contributed by atoms with Gasteiger partial charge >= 0.3 is 5.97 Å². The minimum atomic E-state index is -3.95. The van der Waals surface area contributed by atoms with Crippen LogP contribution in [0.3, 0.4) is 0 Å². The van der Waals surface area contributed by atoms with E-state index in [9.17, 15) is 21.6 Å². The molecule has 7 nitrogen and oxygen atoms in total. The second-order valence-corrected chi connectivity index (χ2v) is 9.10. The summed E-state index contributed by atoms with van der Waals surface area (Å²) in [4.78, 5) is 10.4. The Kier molecular flexibility index (Phi) is 3.69. The SMILES string of the molecule is O=C(O)c1sccc1S(=O)(=O)N1CCS(=O)(=O)CC1. The highest BCUT2D eigenvalue weighted by Gasteiger charge is 2.34. The molecule has 2 heterocycles. The van der Waals surface area contributed by atoms with Crippen molar-refractivity contribution < 1.29 is 26.7 Å². The molecule has 19 heavy (non-hydrogen) atoms. The summed E-state index contributed by atoms with van der Waals surface area (Å²) in [5, 5.41) is 10.3. The third-order valence-corrected chi connectivity index (χ3v) is 7.33. The highest BCUT2D eigenvalue weighted by Crippen LogP contribution is 2.26. The third-order valence-electron chi connectivity index (χ3n) is 2.74. The third kappa shape index (κ3) is 2.81. The van der Waals surface area contributed by atoms with Gasteiger partial charge in [-0.25, -0.2) is 21.6 Å². The van der Waals surface area contributed by atoms with Crippen LogP contribution in [-0.4, -0.2) is 56.8 Å². The van der Waals surface area contributed by atoms with Gasteiger partial charge in [-0.3, -0.25) is 0 Å². The molecule has 1 N–H and O–H groups in total. The van der Waals surface area contributed by atoms with Gasteiger partial charge in [0.25, 0.3) is 0 Å². The molecular weight excluding hydrogens is 314 g/mol. The average Bonchev–Trinajstić information content (AvgIpc) is 2.77. The lowest BCUT2D eigenvalue weighted by Gasteiger charge is -2.25. The molecule has 0 aliphatic carbocycles. The number of sulfone groups is 1. The zero-order chi connectivity index (χ0) is 14.3. The van der Waals surface area contributed by atoms with Crippen LogP contribution in [-0.2, 0) is 19.9 Å². The number of rotatable bonds is 3. The molecule has 0 spiro atoms. The van der Waals surface area contributed by atoms with Crippen molar-refractivity contribution in [2.24, 2.45) is 0 Å². The first-order valence-electron chi connectivity index (χ1n) is 5.25. The summed E-state index contributed by atoms with van der Waals surface area (Å²) in [6, 6.07) is 1.23. The van der Waals surface area contributed by atoms with E-state index in [2.05, 4.69) is 0 Å². The van der Waals surface area contributed by atoms with Crippen LogP contribution < -0.4 is 0 Å². The number of carboxylic acid groups (broad SMARTS) is 1. The fourth-order valence-electron chi connectivity index (χ4n) is 1.73. The van der Waals surface area contributed by atoms with E-state index >= 15 is 0 Å². The molecule has 1 aliphatic heterocycles. The van der Waals surface area contributed by atoms with E-state index in [4.69, 9.17) is 5.11 Å². The van der Waals surface area contributed by atoms with Crippen LogP contribution in [0.1, 0.15) is 9.67 Å². The number of aromatic carboxylic acids is 1. The highest BCUT2D eigenvalue weighted by atomic mass is 32.2. The number of carboxylic acids is 1. The Labute approximate surface area is 114 Å². The lowest BCUT2D eigenvalue weighted by molar-refractivity contribution is 0.0698. The molecule has 0 aromatic carbocycles. The monoisotopic (exact) mass is 325 g/mol. The summed E-state index contributed by atoms with van der Waals surface area (Å²) in [5.41, 5.74) is 0. The van der Waals surface area contributed by atoms with Crippen LogP contribution in [0.2, 0.25) is 0 Å². The van der Waals surface area contributed by atoms with Gasteiger partial charge in [-0.1, -0.05) is 0 Å². The standard InChI is InChI=1S/C9H11NO6S3/c11-9(12)8-7(1-4-17-8)19(15,16)10-2-5-18(13,14)6-3-10/h1,4H,2-3,5-6H2,(H,11,12). The van der Waals surface area contributed by atoms with Gasteiger partial charge in [-0.15, -0.1) is 11.3 Å². The summed E-state index contributed by atoms with van der Waals surface area (Å²) < 4.78 is 48.1. The molecule has 1 saturated heterocycles. The van der Waals surface area contributed by atoms with Crippen molar-refractivity contribution in [3.63, 3.8) is 0 Å². The Bertz CT molecular complexity index is 688. The molecule has 10 heteroatoms. The van der Waals surface area contributed by atoms with Crippen LogP contribution in [0.25, 0.3) is 0 Å². The van der Waals surface area contributed by atoms with Gasteiger partial charge in [0.2, 0.25) is 10.0 Å². The summed E-state index contributed by atoms with van der Waals surface area (Å²) in [7, 11) is -7.14. The first kappa shape index (κ1) is 14.4. The maximum absolute atomic E-state index is 12.3. The number of sulfonamides is 1. The van der Waals surface area contributed by atoms with Gasteiger partial charge in [0.15, 0.2) is 9.84 Å². The van der Waals surface area contributed by atoms with E-state index in [1.54, 1.807) is 0 Å². The Morgan fingerprint density at radius 2 is 1.89 bits per heavy atom. The van der Waals surface area contributed by atoms with Crippen molar-refractivity contribution in [1.82, 2.24) is 4.31 Å². The van der Waals surface area contributed by atoms with Crippen molar-refractivity contribution in [2.45, 2.75) is 4.90 Å². The quantitative estimate of drug-likeness (QED) is 0.829. The van der Waals surface area contributed by atoms with Crippen molar-refractivity contribution >= 4 is 37.2 Å². The fraction of sp³-hybridized carbons (Fsp3) is 0.444. The van der Waals surface area contributed by atoms with Crippen molar-refractivity contribution in [2.75, 3.05) is 24.6 Å². The first-order chi connectivity index (χ1) is 8.74. The zero-order valence-corrected chi connectivity index (χ0v) is 12.1. The fourth-order valence-corrected chi connectivity index (χ4v) is 5.84. The second-order valence-electron chi connectivity index (χ2n) is 3.98. The Morgan fingerprint density at radius 3 is 2.42 bits per heavy atom. The van der Waals surface area contributed by atoms with E-state index in [0.717, 1.165) is 15.6 Å². The first-order valence-corrected chi connectivity index (χ1v) is 9.39. The van der Waals surface area contributed by atoms with Crippen LogP contribution in [0, 0.1) is 0 Å². The molecule has 0 saturated carbocycles. The number of hydrogen-bond acceptors (Lipinski definition) is 6. The zero-order valence-electron chi connectivity index (χ0n) is 9.64. The Hall–Kier alpha value is -0.970. The van der Waals surface area contributed by atoms with Crippen molar-refractivity contribution in [3.05, 3.63) is 16.3 Å². The predicted octanol–water partition coefficient (Wildman–Crippen LogP) is -0.135. The van der Waals surface area contributed by atoms with E-state index in [0.29, 0.717) is 0 Å². The molecular formula is C9H11NO6S3. The Balaban J connectivity index is 2.34. The van der Waals surface area contributed by atoms with Crippen LogP contribution in [0.4, 0.5) is 0 Å². The normalized spacial score (nSPS) is 20.2. The summed E-state index contributed by atoms with van der Waals surface area (Å²) in [6.07, 6.45) is 0. The second kappa shape index (κ2) is 4.85. The summed E-state index contributed by atoms with van der Waals surface area (Å²) in [6.45, 7) is -0.279. The number of thiophene rings is 1. The Morgan fingerprint density at radius 1 is 1.32 bits per heavy atom.